The van der Waals surface area contributed by atoms with E-state index in [1.54, 1.807) is 0 Å². The van der Waals surface area contributed by atoms with Gasteiger partial charge in [-0.25, -0.2) is 0 Å². The van der Waals surface area contributed by atoms with Gasteiger partial charge in [-0.1, -0.05) is 12.1 Å². The number of alkyl halides is 5. The summed E-state index contributed by atoms with van der Waals surface area (Å²) in [6.07, 6.45) is -4.52. The maximum absolute atomic E-state index is 13.3. The molecule has 2 rings (SSSR count). The summed E-state index contributed by atoms with van der Waals surface area (Å²) in [6, 6.07) is 3.30. The minimum atomic E-state index is -4.52. The van der Waals surface area contributed by atoms with Crippen molar-refractivity contribution in [1.82, 2.24) is 15.5 Å². The minimum absolute atomic E-state index is 0. The molecule has 1 atom stereocenters. The number of hydrogen-bond acceptors (Lipinski definition) is 4. The molecule has 1 amide bonds. The lowest BCUT2D eigenvalue weighted by molar-refractivity contribution is -0.183. The molecule has 0 radical (unpaired) electrons. The number of halogens is 6. The summed E-state index contributed by atoms with van der Waals surface area (Å²) < 4.78 is 68.8. The van der Waals surface area contributed by atoms with Gasteiger partial charge in [-0.05, 0) is 12.1 Å². The molecule has 0 bridgehead atoms. The summed E-state index contributed by atoms with van der Waals surface area (Å²) in [5.41, 5.74) is -0.246. The Kier molecular flexibility index (Phi) is 8.51. The van der Waals surface area contributed by atoms with Crippen LogP contribution in [0.15, 0.2) is 24.3 Å². The molecular weight excluding hydrogens is 385 g/mol. The number of ether oxygens (including phenoxy) is 1. The number of nitrogens with one attached hydrogen (secondary N) is 2. The summed E-state index contributed by atoms with van der Waals surface area (Å²) in [5, 5.41) is 5.12. The second kappa shape index (κ2) is 9.89. The highest BCUT2D eigenvalue weighted by Gasteiger charge is 2.43. The molecule has 0 aromatic heterocycles. The zero-order valence-corrected chi connectivity index (χ0v) is 14.4. The van der Waals surface area contributed by atoms with Crippen molar-refractivity contribution >= 4 is 18.3 Å². The molecule has 5 nitrogen and oxygen atoms in total. The van der Waals surface area contributed by atoms with Gasteiger partial charge in [0.05, 0.1) is 5.56 Å². The van der Waals surface area contributed by atoms with E-state index in [2.05, 4.69) is 15.4 Å². The van der Waals surface area contributed by atoms with Gasteiger partial charge in [0.15, 0.2) is 0 Å². The Bertz CT molecular complexity index is 583. The molecular formula is C15H19ClF5N3O2. The first-order chi connectivity index (χ1) is 11.8. The molecule has 0 saturated carbocycles. The Morgan fingerprint density at radius 2 is 1.85 bits per heavy atom. The van der Waals surface area contributed by atoms with Crippen LogP contribution in [0.2, 0.25) is 0 Å². The van der Waals surface area contributed by atoms with Crippen molar-refractivity contribution < 1.29 is 31.5 Å². The predicted molar refractivity (Wildman–Crippen MR) is 86.9 cm³/mol. The maximum Gasteiger partial charge on any atom is 0.405 e. The first-order valence-electron chi connectivity index (χ1n) is 7.62. The quantitative estimate of drug-likeness (QED) is 0.716. The average Bonchev–Trinajstić information content (AvgIpc) is 2.54. The standard InChI is InChI=1S/C15H18F5N3O2.ClH/c16-14(17)25-11-4-2-1-3-10(11)13(24)22-9-12(15(18,19)20)23-7-5-21-6-8-23;/h1-4,12,14,21H,5-9H2,(H,22,24);1H. The summed E-state index contributed by atoms with van der Waals surface area (Å²) in [5.74, 6) is -1.29. The Hall–Kier alpha value is -1.65. The maximum atomic E-state index is 13.3. The Morgan fingerprint density at radius 3 is 2.42 bits per heavy atom. The zero-order valence-electron chi connectivity index (χ0n) is 13.6. The van der Waals surface area contributed by atoms with Gasteiger partial charge >= 0.3 is 12.8 Å². The van der Waals surface area contributed by atoms with Crippen LogP contribution >= 0.6 is 12.4 Å². The first-order valence-corrected chi connectivity index (χ1v) is 7.62. The zero-order chi connectivity index (χ0) is 18.4. The van der Waals surface area contributed by atoms with Crippen LogP contribution in [0, 0.1) is 0 Å². The lowest BCUT2D eigenvalue weighted by atomic mass is 10.1. The molecule has 26 heavy (non-hydrogen) atoms. The summed E-state index contributed by atoms with van der Waals surface area (Å²) >= 11 is 0. The largest absolute Gasteiger partial charge is 0.434 e. The Morgan fingerprint density at radius 1 is 1.23 bits per heavy atom. The third-order valence-corrected chi connectivity index (χ3v) is 3.77. The number of benzene rings is 1. The van der Waals surface area contributed by atoms with Gasteiger partial charge in [0.2, 0.25) is 0 Å². The molecule has 11 heteroatoms. The first kappa shape index (κ1) is 22.4. The van der Waals surface area contributed by atoms with E-state index in [0.29, 0.717) is 13.1 Å². The number of amides is 1. The van der Waals surface area contributed by atoms with Crippen LogP contribution in [0.5, 0.6) is 5.75 Å². The Balaban J connectivity index is 0.00000338. The normalized spacial score (nSPS) is 16.7. The van der Waals surface area contributed by atoms with E-state index in [-0.39, 0.29) is 36.8 Å². The SMILES string of the molecule is Cl.O=C(NCC(N1CCNCC1)C(F)(F)F)c1ccccc1OC(F)F. The highest BCUT2D eigenvalue weighted by atomic mass is 35.5. The van der Waals surface area contributed by atoms with E-state index in [1.165, 1.54) is 23.1 Å². The van der Waals surface area contributed by atoms with Crippen molar-refractivity contribution in [3.63, 3.8) is 0 Å². The van der Waals surface area contributed by atoms with Crippen molar-refractivity contribution in [3.8, 4) is 5.75 Å². The van der Waals surface area contributed by atoms with Gasteiger partial charge in [-0.15, -0.1) is 12.4 Å². The molecule has 1 aromatic carbocycles. The summed E-state index contributed by atoms with van der Waals surface area (Å²) in [4.78, 5) is 13.4. The topological polar surface area (TPSA) is 53.6 Å². The van der Waals surface area contributed by atoms with Crippen LogP contribution in [-0.2, 0) is 0 Å². The Labute approximate surface area is 153 Å². The third kappa shape index (κ3) is 6.26. The molecule has 1 aliphatic heterocycles. The molecule has 0 aliphatic carbocycles. The van der Waals surface area contributed by atoms with Crippen LogP contribution in [0.3, 0.4) is 0 Å². The molecule has 1 unspecified atom stereocenters. The van der Waals surface area contributed by atoms with Crippen LogP contribution < -0.4 is 15.4 Å². The lowest BCUT2D eigenvalue weighted by Crippen LogP contribution is -2.57. The van der Waals surface area contributed by atoms with Crippen molar-refractivity contribution in [3.05, 3.63) is 29.8 Å². The molecule has 1 fully saturated rings. The fraction of sp³-hybridized carbons (Fsp3) is 0.533. The van der Waals surface area contributed by atoms with Gasteiger partial charge in [0.25, 0.3) is 5.91 Å². The molecule has 148 valence electrons. The van der Waals surface area contributed by atoms with Crippen molar-refractivity contribution in [1.29, 1.82) is 0 Å². The van der Waals surface area contributed by atoms with Crippen LogP contribution in [0.4, 0.5) is 22.0 Å². The van der Waals surface area contributed by atoms with Crippen molar-refractivity contribution in [2.45, 2.75) is 18.8 Å². The van der Waals surface area contributed by atoms with Gasteiger partial charge < -0.3 is 15.4 Å². The number of nitrogens with zero attached hydrogens (tertiary/aromatic N) is 1. The van der Waals surface area contributed by atoms with E-state index < -0.39 is 31.3 Å². The number of para-hydroxylation sites is 1. The highest BCUT2D eigenvalue weighted by Crippen LogP contribution is 2.25. The van der Waals surface area contributed by atoms with E-state index in [0.717, 1.165) is 6.07 Å². The van der Waals surface area contributed by atoms with E-state index >= 15 is 0 Å². The van der Waals surface area contributed by atoms with Crippen molar-refractivity contribution in [2.75, 3.05) is 32.7 Å². The molecule has 1 heterocycles. The average molecular weight is 404 g/mol. The predicted octanol–water partition coefficient (Wildman–Crippen LogP) is 2.28. The lowest BCUT2D eigenvalue weighted by Gasteiger charge is -2.35. The number of carbonyl (C=O) groups is 1. The molecule has 0 spiro atoms. The summed E-state index contributed by atoms with van der Waals surface area (Å²) in [7, 11) is 0. The number of hydrogen-bond donors (Lipinski definition) is 2. The van der Waals surface area contributed by atoms with Crippen molar-refractivity contribution in [2.24, 2.45) is 0 Å². The second-order valence-electron chi connectivity index (χ2n) is 5.43. The molecule has 2 N–H and O–H groups in total. The third-order valence-electron chi connectivity index (χ3n) is 3.77. The van der Waals surface area contributed by atoms with Gasteiger partial charge in [0.1, 0.15) is 11.8 Å². The molecule has 1 aromatic rings. The van der Waals surface area contributed by atoms with Gasteiger partial charge in [-0.3, -0.25) is 9.69 Å². The van der Waals surface area contributed by atoms with Crippen LogP contribution in [-0.4, -0.2) is 62.4 Å². The van der Waals surface area contributed by atoms with Crippen LogP contribution in [0.25, 0.3) is 0 Å². The minimum Gasteiger partial charge on any atom is -0.434 e. The second-order valence-corrected chi connectivity index (χ2v) is 5.43. The summed E-state index contributed by atoms with van der Waals surface area (Å²) in [6.45, 7) is -2.57. The number of piperazine rings is 1. The van der Waals surface area contributed by atoms with E-state index in [4.69, 9.17) is 0 Å². The van der Waals surface area contributed by atoms with Gasteiger partial charge in [0, 0.05) is 32.7 Å². The number of rotatable bonds is 6. The fourth-order valence-electron chi connectivity index (χ4n) is 2.58. The molecule has 1 aliphatic rings. The van der Waals surface area contributed by atoms with Gasteiger partial charge in [-0.2, -0.15) is 22.0 Å². The fourth-order valence-corrected chi connectivity index (χ4v) is 2.58. The smallest absolute Gasteiger partial charge is 0.405 e. The highest BCUT2D eigenvalue weighted by molar-refractivity contribution is 5.96. The number of carbonyl (C=O) groups excluding carboxylic acids is 1. The van der Waals surface area contributed by atoms with E-state index in [1.807, 2.05) is 0 Å². The van der Waals surface area contributed by atoms with E-state index in [9.17, 15) is 26.7 Å². The molecule has 1 saturated heterocycles. The monoisotopic (exact) mass is 403 g/mol. The van der Waals surface area contributed by atoms with Crippen LogP contribution in [0.1, 0.15) is 10.4 Å².